The molecule has 0 radical (unpaired) electrons. The van der Waals surface area contributed by atoms with Crippen molar-refractivity contribution in [3.63, 3.8) is 0 Å². The molecule has 0 aliphatic carbocycles. The zero-order valence-electron chi connectivity index (χ0n) is 15.5. The number of benzene rings is 2. The van der Waals surface area contributed by atoms with Crippen molar-refractivity contribution < 1.29 is 29.3 Å². The zero-order valence-corrected chi connectivity index (χ0v) is 16.3. The lowest BCUT2D eigenvalue weighted by Crippen LogP contribution is -2.26. The molecule has 2 aromatic carbocycles. The van der Waals surface area contributed by atoms with Crippen molar-refractivity contribution in [1.29, 1.82) is 0 Å². The molecule has 154 valence electrons. The molecule has 0 saturated carbocycles. The van der Waals surface area contributed by atoms with E-state index in [1.165, 1.54) is 12.3 Å². The summed E-state index contributed by atoms with van der Waals surface area (Å²) in [7, 11) is 0. The van der Waals surface area contributed by atoms with Crippen LogP contribution in [0.1, 0.15) is 27.9 Å². The number of aliphatic carboxylic acids is 1. The van der Waals surface area contributed by atoms with Crippen LogP contribution >= 0.6 is 11.8 Å². The molecule has 0 aromatic heterocycles. The molecule has 3 rings (SSSR count). The Labute approximate surface area is 175 Å². The quantitative estimate of drug-likeness (QED) is 0.434. The van der Waals surface area contributed by atoms with Gasteiger partial charge >= 0.3 is 11.9 Å². The maximum Gasteiger partial charge on any atom is 0.335 e. The van der Waals surface area contributed by atoms with Crippen molar-refractivity contribution >= 4 is 41.0 Å². The Bertz CT molecular complexity index is 1020. The lowest BCUT2D eigenvalue weighted by molar-refractivity contribution is -0.138. The van der Waals surface area contributed by atoms with Gasteiger partial charge in [-0.05, 0) is 47.5 Å². The first-order valence-electron chi connectivity index (χ1n) is 8.76. The van der Waals surface area contributed by atoms with Crippen LogP contribution in [-0.2, 0) is 16.2 Å². The number of carbonyl (C=O) groups excluding carboxylic acids is 1. The fraction of sp³-hybridized carbons (Fsp3) is 0.150. The molecule has 1 saturated heterocycles. The molecule has 1 heterocycles. The molecular weight excluding hydrogens is 410 g/mol. The smallest absolute Gasteiger partial charge is 0.335 e. The average molecular weight is 427 g/mol. The molecule has 0 bridgehead atoms. The Balaban J connectivity index is 1.53. The van der Waals surface area contributed by atoms with E-state index in [0.717, 1.165) is 22.9 Å². The zero-order chi connectivity index (χ0) is 21.5. The van der Waals surface area contributed by atoms with Crippen LogP contribution in [0, 0.1) is 0 Å². The first kappa shape index (κ1) is 21.1. The van der Waals surface area contributed by atoms with Crippen molar-refractivity contribution in [2.24, 2.45) is 10.2 Å². The number of hydrogen-bond donors (Lipinski definition) is 3. The maximum absolute atomic E-state index is 11.6. The molecule has 1 unspecified atom stereocenters. The maximum atomic E-state index is 11.6. The summed E-state index contributed by atoms with van der Waals surface area (Å²) in [4.78, 5) is 33.3. The van der Waals surface area contributed by atoms with Gasteiger partial charge in [-0.3, -0.25) is 9.59 Å². The van der Waals surface area contributed by atoms with Gasteiger partial charge in [0.2, 0.25) is 5.91 Å². The van der Waals surface area contributed by atoms with Gasteiger partial charge in [0, 0.05) is 0 Å². The van der Waals surface area contributed by atoms with Gasteiger partial charge in [0.25, 0.3) is 0 Å². The standard InChI is InChI=1S/C20H17N3O6S/c24-17(25)9-16-18(26)22-20(30-16)23-21-10-12-4-6-15(7-5-12)29-11-13-2-1-3-14(8-13)19(27)28/h1-8,10,16H,9,11H2,(H,24,25)(H,27,28)(H,22,23,26). The molecular formula is C20H17N3O6S. The molecule has 1 aliphatic heterocycles. The molecule has 10 heteroatoms. The summed E-state index contributed by atoms with van der Waals surface area (Å²) in [6.07, 6.45) is 1.21. The van der Waals surface area contributed by atoms with Crippen molar-refractivity contribution in [3.05, 3.63) is 65.2 Å². The molecule has 1 amide bonds. The summed E-state index contributed by atoms with van der Waals surface area (Å²) in [6, 6.07) is 13.5. The highest BCUT2D eigenvalue weighted by molar-refractivity contribution is 8.15. The number of carbonyl (C=O) groups is 3. The summed E-state index contributed by atoms with van der Waals surface area (Å²) in [5, 5.41) is 27.6. The minimum absolute atomic E-state index is 0.204. The number of thioether (sulfide) groups is 1. The molecule has 1 fully saturated rings. The molecule has 0 spiro atoms. The predicted molar refractivity (Wildman–Crippen MR) is 111 cm³/mol. The Morgan fingerprint density at radius 1 is 1.17 bits per heavy atom. The van der Waals surface area contributed by atoms with Crippen LogP contribution < -0.4 is 10.1 Å². The van der Waals surface area contributed by atoms with Crippen molar-refractivity contribution in [3.8, 4) is 5.75 Å². The van der Waals surface area contributed by atoms with E-state index in [1.807, 2.05) is 0 Å². The van der Waals surface area contributed by atoms with Gasteiger partial charge in [-0.25, -0.2) is 4.79 Å². The largest absolute Gasteiger partial charge is 0.489 e. The van der Waals surface area contributed by atoms with Gasteiger partial charge < -0.3 is 20.3 Å². The van der Waals surface area contributed by atoms with Crippen LogP contribution in [0.15, 0.2) is 58.7 Å². The number of carboxylic acid groups (broad SMARTS) is 2. The van der Waals surface area contributed by atoms with Gasteiger partial charge in [-0.2, -0.15) is 5.10 Å². The fourth-order valence-corrected chi connectivity index (χ4v) is 3.42. The molecule has 3 N–H and O–H groups in total. The molecule has 2 aromatic rings. The van der Waals surface area contributed by atoms with Crippen LogP contribution in [-0.4, -0.2) is 44.7 Å². The number of rotatable bonds is 8. The van der Waals surface area contributed by atoms with Crippen LogP contribution in [0.25, 0.3) is 0 Å². The van der Waals surface area contributed by atoms with E-state index in [0.29, 0.717) is 5.75 Å². The number of ether oxygens (including phenoxy) is 1. The lowest BCUT2D eigenvalue weighted by atomic mass is 10.1. The summed E-state index contributed by atoms with van der Waals surface area (Å²) in [5.41, 5.74) is 1.69. The Morgan fingerprint density at radius 3 is 2.63 bits per heavy atom. The number of hydrogen-bond acceptors (Lipinski definition) is 7. The highest BCUT2D eigenvalue weighted by Crippen LogP contribution is 2.22. The third-order valence-corrected chi connectivity index (χ3v) is 5.02. The van der Waals surface area contributed by atoms with Crippen molar-refractivity contribution in [2.75, 3.05) is 0 Å². The Morgan fingerprint density at radius 2 is 1.93 bits per heavy atom. The number of nitrogens with one attached hydrogen (secondary N) is 1. The Kier molecular flexibility index (Phi) is 6.81. The lowest BCUT2D eigenvalue weighted by Gasteiger charge is -2.07. The predicted octanol–water partition coefficient (Wildman–Crippen LogP) is 2.36. The number of carboxylic acids is 2. The normalized spacial score (nSPS) is 17.3. The molecule has 30 heavy (non-hydrogen) atoms. The van der Waals surface area contributed by atoms with Gasteiger partial charge in [0.1, 0.15) is 17.6 Å². The summed E-state index contributed by atoms with van der Waals surface area (Å²) in [5.74, 6) is -1.83. The van der Waals surface area contributed by atoms with Crippen LogP contribution in [0.2, 0.25) is 0 Å². The second kappa shape index (κ2) is 9.70. The van der Waals surface area contributed by atoms with E-state index < -0.39 is 23.1 Å². The van der Waals surface area contributed by atoms with E-state index in [2.05, 4.69) is 15.5 Å². The first-order valence-corrected chi connectivity index (χ1v) is 9.64. The second-order valence-corrected chi connectivity index (χ2v) is 7.40. The number of amidine groups is 1. The van der Waals surface area contributed by atoms with E-state index >= 15 is 0 Å². The van der Waals surface area contributed by atoms with Crippen LogP contribution in [0.3, 0.4) is 0 Å². The highest BCUT2D eigenvalue weighted by Gasteiger charge is 2.32. The third-order valence-electron chi connectivity index (χ3n) is 3.95. The topological polar surface area (TPSA) is 138 Å². The van der Waals surface area contributed by atoms with Crippen LogP contribution in [0.5, 0.6) is 5.75 Å². The van der Waals surface area contributed by atoms with Gasteiger partial charge in [-0.15, -0.1) is 5.10 Å². The van der Waals surface area contributed by atoms with E-state index in [-0.39, 0.29) is 23.8 Å². The second-order valence-electron chi connectivity index (χ2n) is 6.21. The monoisotopic (exact) mass is 427 g/mol. The first-order chi connectivity index (χ1) is 14.4. The SMILES string of the molecule is O=C(O)CC1SC(=NN=Cc2ccc(OCc3cccc(C(=O)O)c3)cc2)NC1=O. The van der Waals surface area contributed by atoms with Crippen molar-refractivity contribution in [2.45, 2.75) is 18.3 Å². The number of aromatic carboxylic acids is 1. The van der Waals surface area contributed by atoms with Gasteiger partial charge in [0.05, 0.1) is 18.2 Å². The third kappa shape index (κ3) is 5.92. The number of nitrogens with zero attached hydrogens (tertiary/aromatic N) is 2. The van der Waals surface area contributed by atoms with E-state index in [4.69, 9.17) is 14.9 Å². The highest BCUT2D eigenvalue weighted by atomic mass is 32.2. The van der Waals surface area contributed by atoms with Crippen LogP contribution in [0.4, 0.5) is 0 Å². The summed E-state index contributed by atoms with van der Waals surface area (Å²) >= 11 is 1.03. The summed E-state index contributed by atoms with van der Waals surface area (Å²) < 4.78 is 5.66. The Hall–Kier alpha value is -3.66. The van der Waals surface area contributed by atoms with Crippen molar-refractivity contribution in [1.82, 2.24) is 5.32 Å². The van der Waals surface area contributed by atoms with Gasteiger partial charge in [-0.1, -0.05) is 23.9 Å². The fourth-order valence-electron chi connectivity index (χ4n) is 2.50. The van der Waals surface area contributed by atoms with E-state index in [9.17, 15) is 14.4 Å². The average Bonchev–Trinajstić information content (AvgIpc) is 3.06. The minimum atomic E-state index is -1.05. The minimum Gasteiger partial charge on any atom is -0.489 e. The summed E-state index contributed by atoms with van der Waals surface area (Å²) in [6.45, 7) is 0.233. The molecule has 1 aliphatic rings. The molecule has 9 nitrogen and oxygen atoms in total. The number of amides is 1. The van der Waals surface area contributed by atoms with E-state index in [1.54, 1.807) is 42.5 Å². The molecule has 1 atom stereocenters. The van der Waals surface area contributed by atoms with Gasteiger partial charge in [0.15, 0.2) is 5.17 Å².